The summed E-state index contributed by atoms with van der Waals surface area (Å²) in [4.78, 5) is 0. The average molecular weight is 243 g/mol. The van der Waals surface area contributed by atoms with Gasteiger partial charge in [-0.1, -0.05) is 19.8 Å². The summed E-state index contributed by atoms with van der Waals surface area (Å²) in [5.74, 6) is -1.05. The first-order valence-corrected chi connectivity index (χ1v) is 6.09. The molecule has 0 aliphatic heterocycles. The molecule has 0 spiro atoms. The van der Waals surface area contributed by atoms with Crippen LogP contribution in [0, 0.1) is 11.8 Å². The van der Waals surface area contributed by atoms with Crippen molar-refractivity contribution in [1.82, 2.24) is 0 Å². The second-order valence-electron chi connectivity index (χ2n) is 4.47. The van der Waals surface area contributed by atoms with Crippen molar-refractivity contribution in [2.45, 2.75) is 57.0 Å². The maximum absolute atomic E-state index is 12.5. The molecule has 15 heavy (non-hydrogen) atoms. The van der Waals surface area contributed by atoms with Crippen LogP contribution >= 0.6 is 11.6 Å². The SMILES string of the molecule is CCCC(Cl)C1CCCC(C(F)(F)F)C1. The molecule has 0 amide bonds. The van der Waals surface area contributed by atoms with E-state index in [2.05, 4.69) is 0 Å². The first kappa shape index (κ1) is 13.1. The monoisotopic (exact) mass is 242 g/mol. The van der Waals surface area contributed by atoms with E-state index in [1.54, 1.807) is 0 Å². The highest BCUT2D eigenvalue weighted by Gasteiger charge is 2.43. The van der Waals surface area contributed by atoms with Gasteiger partial charge in [0.15, 0.2) is 0 Å². The lowest BCUT2D eigenvalue weighted by molar-refractivity contribution is -0.185. The van der Waals surface area contributed by atoms with E-state index in [0.717, 1.165) is 19.3 Å². The maximum atomic E-state index is 12.5. The van der Waals surface area contributed by atoms with Gasteiger partial charge in [-0.15, -0.1) is 11.6 Å². The lowest BCUT2D eigenvalue weighted by Crippen LogP contribution is -2.31. The Kier molecular flexibility index (Phi) is 4.75. The predicted molar refractivity (Wildman–Crippen MR) is 56.1 cm³/mol. The molecule has 1 aliphatic rings. The third-order valence-corrected chi connectivity index (χ3v) is 3.83. The van der Waals surface area contributed by atoms with Crippen LogP contribution in [0.15, 0.2) is 0 Å². The zero-order valence-corrected chi connectivity index (χ0v) is 9.74. The fourth-order valence-electron chi connectivity index (χ4n) is 2.36. The first-order valence-electron chi connectivity index (χ1n) is 5.66. The topological polar surface area (TPSA) is 0 Å². The molecule has 0 radical (unpaired) electrons. The van der Waals surface area contributed by atoms with Gasteiger partial charge in [0.05, 0.1) is 5.92 Å². The Bertz CT molecular complexity index is 191. The highest BCUT2D eigenvalue weighted by Crippen LogP contribution is 2.42. The standard InChI is InChI=1S/C11H18ClF3/c1-2-4-10(12)8-5-3-6-9(7-8)11(13,14)15/h8-10H,2-7H2,1H3. The number of halogens is 4. The molecule has 1 rings (SSSR count). The van der Waals surface area contributed by atoms with Crippen LogP contribution in [0.3, 0.4) is 0 Å². The fourth-order valence-corrected chi connectivity index (χ4v) is 2.81. The third-order valence-electron chi connectivity index (χ3n) is 3.25. The number of rotatable bonds is 3. The van der Waals surface area contributed by atoms with Gasteiger partial charge in [-0.2, -0.15) is 13.2 Å². The van der Waals surface area contributed by atoms with E-state index >= 15 is 0 Å². The molecule has 1 fully saturated rings. The molecule has 3 atom stereocenters. The quantitative estimate of drug-likeness (QED) is 0.626. The fraction of sp³-hybridized carbons (Fsp3) is 1.00. The largest absolute Gasteiger partial charge is 0.391 e. The van der Waals surface area contributed by atoms with Gasteiger partial charge in [-0.05, 0) is 31.6 Å². The molecule has 0 aromatic rings. The van der Waals surface area contributed by atoms with E-state index < -0.39 is 12.1 Å². The number of hydrogen-bond donors (Lipinski definition) is 0. The Morgan fingerprint density at radius 1 is 1.33 bits per heavy atom. The van der Waals surface area contributed by atoms with Crippen LogP contribution in [0.5, 0.6) is 0 Å². The second kappa shape index (κ2) is 5.42. The van der Waals surface area contributed by atoms with E-state index in [4.69, 9.17) is 11.6 Å². The first-order chi connectivity index (χ1) is 6.95. The smallest absolute Gasteiger partial charge is 0.171 e. The summed E-state index contributed by atoms with van der Waals surface area (Å²) >= 11 is 6.11. The van der Waals surface area contributed by atoms with Crippen LogP contribution < -0.4 is 0 Å². The van der Waals surface area contributed by atoms with Gasteiger partial charge < -0.3 is 0 Å². The maximum Gasteiger partial charge on any atom is 0.391 e. The van der Waals surface area contributed by atoms with E-state index in [-0.39, 0.29) is 24.1 Å². The third kappa shape index (κ3) is 3.86. The van der Waals surface area contributed by atoms with Crippen LogP contribution in [0.4, 0.5) is 13.2 Å². The molecule has 0 saturated heterocycles. The number of alkyl halides is 4. The molecular formula is C11H18ClF3. The Morgan fingerprint density at radius 3 is 2.53 bits per heavy atom. The average Bonchev–Trinajstić information content (AvgIpc) is 2.17. The van der Waals surface area contributed by atoms with Gasteiger partial charge in [0.1, 0.15) is 0 Å². The van der Waals surface area contributed by atoms with E-state index in [1.165, 1.54) is 0 Å². The zero-order valence-electron chi connectivity index (χ0n) is 8.99. The van der Waals surface area contributed by atoms with E-state index in [9.17, 15) is 13.2 Å². The molecule has 0 N–H and O–H groups in total. The Labute approximate surface area is 94.2 Å². The summed E-state index contributed by atoms with van der Waals surface area (Å²) in [6.45, 7) is 2.01. The van der Waals surface area contributed by atoms with Gasteiger partial charge in [0, 0.05) is 5.38 Å². The van der Waals surface area contributed by atoms with E-state index in [0.29, 0.717) is 6.42 Å². The highest BCUT2D eigenvalue weighted by atomic mass is 35.5. The van der Waals surface area contributed by atoms with Crippen molar-refractivity contribution in [3.63, 3.8) is 0 Å². The van der Waals surface area contributed by atoms with Gasteiger partial charge in [0.2, 0.25) is 0 Å². The number of hydrogen-bond acceptors (Lipinski definition) is 0. The molecule has 1 saturated carbocycles. The van der Waals surface area contributed by atoms with Crippen molar-refractivity contribution in [1.29, 1.82) is 0 Å². The highest BCUT2D eigenvalue weighted by molar-refractivity contribution is 6.20. The molecule has 0 aromatic carbocycles. The van der Waals surface area contributed by atoms with Crippen molar-refractivity contribution in [3.8, 4) is 0 Å². The predicted octanol–water partition coefficient (Wildman–Crippen LogP) is 4.76. The molecule has 90 valence electrons. The van der Waals surface area contributed by atoms with Crippen LogP contribution in [0.1, 0.15) is 45.4 Å². The zero-order chi connectivity index (χ0) is 11.5. The summed E-state index contributed by atoms with van der Waals surface area (Å²) in [6, 6.07) is 0. The molecular weight excluding hydrogens is 225 g/mol. The lowest BCUT2D eigenvalue weighted by atomic mass is 9.78. The summed E-state index contributed by atoms with van der Waals surface area (Å²) in [7, 11) is 0. The Morgan fingerprint density at radius 2 is 2.00 bits per heavy atom. The van der Waals surface area contributed by atoms with Crippen LogP contribution in [0.2, 0.25) is 0 Å². The molecule has 0 bridgehead atoms. The molecule has 0 aromatic heterocycles. The van der Waals surface area contributed by atoms with Gasteiger partial charge in [0.25, 0.3) is 0 Å². The molecule has 4 heteroatoms. The Balaban J connectivity index is 2.48. The van der Waals surface area contributed by atoms with Crippen molar-refractivity contribution >= 4 is 11.6 Å². The summed E-state index contributed by atoms with van der Waals surface area (Å²) in [6.07, 6.45) is -0.199. The molecule has 3 unspecified atom stereocenters. The van der Waals surface area contributed by atoms with Gasteiger partial charge in [-0.3, -0.25) is 0 Å². The van der Waals surface area contributed by atoms with Crippen LogP contribution in [0.25, 0.3) is 0 Å². The minimum atomic E-state index is -4.03. The van der Waals surface area contributed by atoms with Crippen molar-refractivity contribution < 1.29 is 13.2 Å². The van der Waals surface area contributed by atoms with Crippen molar-refractivity contribution in [3.05, 3.63) is 0 Å². The van der Waals surface area contributed by atoms with Crippen molar-refractivity contribution in [2.75, 3.05) is 0 Å². The molecule has 1 aliphatic carbocycles. The van der Waals surface area contributed by atoms with Gasteiger partial charge in [-0.25, -0.2) is 0 Å². The van der Waals surface area contributed by atoms with Crippen LogP contribution in [-0.2, 0) is 0 Å². The minimum Gasteiger partial charge on any atom is -0.171 e. The van der Waals surface area contributed by atoms with E-state index in [1.807, 2.05) is 6.92 Å². The summed E-state index contributed by atoms with van der Waals surface area (Å²) in [5, 5.41) is -0.0693. The van der Waals surface area contributed by atoms with Crippen molar-refractivity contribution in [2.24, 2.45) is 11.8 Å². The normalized spacial score (nSPS) is 30.2. The lowest BCUT2D eigenvalue weighted by Gasteiger charge is -2.32. The second-order valence-corrected chi connectivity index (χ2v) is 5.03. The van der Waals surface area contributed by atoms with Crippen LogP contribution in [-0.4, -0.2) is 11.6 Å². The summed E-state index contributed by atoms with van der Waals surface area (Å²) in [5.41, 5.74) is 0. The van der Waals surface area contributed by atoms with Gasteiger partial charge >= 0.3 is 6.18 Å². The minimum absolute atomic E-state index is 0.0620. The Hall–Kier alpha value is 0.0800. The summed E-state index contributed by atoms with van der Waals surface area (Å²) < 4.78 is 37.6. The molecule has 0 heterocycles. The molecule has 0 nitrogen and oxygen atoms in total.